The van der Waals surface area contributed by atoms with Crippen molar-refractivity contribution in [1.82, 2.24) is 19.9 Å². The molecule has 5 heterocycles. The molecule has 2 aliphatic heterocycles. The first-order valence-corrected chi connectivity index (χ1v) is 14.7. The van der Waals surface area contributed by atoms with Gasteiger partial charge in [0.2, 0.25) is 0 Å². The zero-order chi connectivity index (χ0) is 27.9. The molecule has 2 aliphatic rings. The average molecular weight is 543 g/mol. The first-order chi connectivity index (χ1) is 20.8. The summed E-state index contributed by atoms with van der Waals surface area (Å²) >= 11 is 0. The monoisotopic (exact) mass is 542 g/mol. The number of hydrogen-bond acceptors (Lipinski definition) is 2. The fourth-order valence-corrected chi connectivity index (χ4v) is 6.45. The summed E-state index contributed by atoms with van der Waals surface area (Å²) in [6.07, 6.45) is 3.57. The van der Waals surface area contributed by atoms with Crippen LogP contribution in [0, 0.1) is 0 Å². The van der Waals surface area contributed by atoms with Gasteiger partial charge in [0.15, 0.2) is 0 Å². The van der Waals surface area contributed by atoms with Crippen molar-refractivity contribution in [1.29, 1.82) is 0 Å². The molecule has 3 aromatic heterocycles. The molecule has 0 amide bonds. The van der Waals surface area contributed by atoms with Crippen LogP contribution in [0.2, 0.25) is 0 Å². The number of benzene rings is 3. The SMILES string of the molecule is c1ccc(-c2c3nc(c(-c4ccccc4)c4ccc([nH]4)c(-c4ccccc4)c4nc(cc5ccc2[nH]5)CC4)CC3)cc1. The summed E-state index contributed by atoms with van der Waals surface area (Å²) in [7, 11) is 0. The summed E-state index contributed by atoms with van der Waals surface area (Å²) in [6, 6.07) is 42.9. The summed E-state index contributed by atoms with van der Waals surface area (Å²) in [6.45, 7) is 0. The number of aromatic amines is 2. The number of nitrogens with zero attached hydrogens (tertiary/aromatic N) is 2. The predicted molar refractivity (Wildman–Crippen MR) is 172 cm³/mol. The van der Waals surface area contributed by atoms with Crippen molar-refractivity contribution in [2.24, 2.45) is 0 Å². The summed E-state index contributed by atoms with van der Waals surface area (Å²) < 4.78 is 0. The molecule has 0 radical (unpaired) electrons. The molecule has 4 heteroatoms. The van der Waals surface area contributed by atoms with Crippen LogP contribution in [0.1, 0.15) is 22.8 Å². The van der Waals surface area contributed by atoms with Gasteiger partial charge in [-0.3, -0.25) is 9.97 Å². The zero-order valence-electron chi connectivity index (χ0n) is 23.3. The minimum atomic E-state index is 0.879. The van der Waals surface area contributed by atoms with E-state index >= 15 is 0 Å². The van der Waals surface area contributed by atoms with Crippen LogP contribution in [0.3, 0.4) is 0 Å². The van der Waals surface area contributed by atoms with Crippen molar-refractivity contribution >= 4 is 22.1 Å². The van der Waals surface area contributed by atoms with Crippen molar-refractivity contribution in [3.63, 3.8) is 0 Å². The maximum absolute atomic E-state index is 5.39. The lowest BCUT2D eigenvalue weighted by molar-refractivity contribution is 1.03. The number of aromatic nitrogens is 4. The van der Waals surface area contributed by atoms with E-state index in [4.69, 9.17) is 9.97 Å². The second kappa shape index (κ2) is 10.3. The molecule has 8 rings (SSSR count). The van der Waals surface area contributed by atoms with Crippen LogP contribution in [-0.4, -0.2) is 19.9 Å². The van der Waals surface area contributed by atoms with Gasteiger partial charge in [0, 0.05) is 44.5 Å². The third-order valence-corrected chi connectivity index (χ3v) is 8.34. The third kappa shape index (κ3) is 4.42. The van der Waals surface area contributed by atoms with Crippen molar-refractivity contribution in [2.45, 2.75) is 25.7 Å². The van der Waals surface area contributed by atoms with E-state index in [1.165, 1.54) is 16.7 Å². The Morgan fingerprint density at radius 3 is 1.36 bits per heavy atom. The molecule has 3 aromatic carbocycles. The van der Waals surface area contributed by atoms with Gasteiger partial charge in [0.1, 0.15) is 0 Å². The Labute approximate surface area is 244 Å². The Hall–Kier alpha value is -5.22. The molecule has 0 spiro atoms. The van der Waals surface area contributed by atoms with E-state index in [0.717, 1.165) is 87.2 Å². The summed E-state index contributed by atoms with van der Waals surface area (Å²) in [5.74, 6) is 0. The van der Waals surface area contributed by atoms with E-state index in [1.54, 1.807) is 0 Å². The predicted octanol–water partition coefficient (Wildman–Crippen LogP) is 8.89. The lowest BCUT2D eigenvalue weighted by atomic mass is 10.0. The molecular formula is C38H30N4. The zero-order valence-corrected chi connectivity index (χ0v) is 23.3. The molecule has 0 saturated carbocycles. The normalized spacial score (nSPS) is 12.9. The third-order valence-electron chi connectivity index (χ3n) is 8.34. The van der Waals surface area contributed by atoms with Crippen LogP contribution in [0.5, 0.6) is 0 Å². The van der Waals surface area contributed by atoms with Crippen LogP contribution in [0.4, 0.5) is 0 Å². The molecule has 0 atom stereocenters. The van der Waals surface area contributed by atoms with Crippen molar-refractivity contribution in [3.8, 4) is 33.4 Å². The Morgan fingerprint density at radius 1 is 0.405 bits per heavy atom. The second-order valence-corrected chi connectivity index (χ2v) is 11.0. The van der Waals surface area contributed by atoms with Crippen LogP contribution in [0.25, 0.3) is 55.4 Å². The first-order valence-electron chi connectivity index (χ1n) is 14.7. The van der Waals surface area contributed by atoms with E-state index < -0.39 is 0 Å². The smallest absolute Gasteiger partial charge is 0.0510 e. The highest BCUT2D eigenvalue weighted by Crippen LogP contribution is 2.35. The summed E-state index contributed by atoms with van der Waals surface area (Å²) in [5.41, 5.74) is 15.7. The van der Waals surface area contributed by atoms with Gasteiger partial charge in [-0.2, -0.15) is 0 Å². The maximum Gasteiger partial charge on any atom is 0.0510 e. The Kier molecular flexibility index (Phi) is 6.03. The molecule has 4 nitrogen and oxygen atoms in total. The molecule has 0 fully saturated rings. The number of fused-ring (bicyclic) bond motifs is 8. The maximum atomic E-state index is 5.39. The Bertz CT molecular complexity index is 2030. The molecule has 2 N–H and O–H groups in total. The Morgan fingerprint density at radius 2 is 0.833 bits per heavy atom. The average Bonchev–Trinajstić information content (AvgIpc) is 3.86. The number of H-pyrrole nitrogens is 2. The summed E-state index contributed by atoms with van der Waals surface area (Å²) in [5, 5.41) is 0. The number of rotatable bonds is 3. The van der Waals surface area contributed by atoms with Gasteiger partial charge in [-0.25, -0.2) is 0 Å². The highest BCUT2D eigenvalue weighted by Gasteiger charge is 2.20. The van der Waals surface area contributed by atoms with Crippen LogP contribution in [-0.2, 0) is 25.7 Å². The molecule has 8 bridgehead atoms. The second-order valence-electron chi connectivity index (χ2n) is 11.0. The van der Waals surface area contributed by atoms with Crippen LogP contribution in [0.15, 0.2) is 121 Å². The lowest BCUT2D eigenvalue weighted by Gasteiger charge is -2.06. The highest BCUT2D eigenvalue weighted by molar-refractivity contribution is 5.90. The van der Waals surface area contributed by atoms with Gasteiger partial charge in [-0.05, 0) is 72.7 Å². The fourth-order valence-electron chi connectivity index (χ4n) is 6.45. The van der Waals surface area contributed by atoms with Gasteiger partial charge >= 0.3 is 0 Å². The first kappa shape index (κ1) is 24.6. The highest BCUT2D eigenvalue weighted by atomic mass is 14.8. The molecule has 202 valence electrons. The van der Waals surface area contributed by atoms with Gasteiger partial charge < -0.3 is 9.97 Å². The fraction of sp³-hybridized carbons (Fsp3) is 0.105. The van der Waals surface area contributed by atoms with Crippen molar-refractivity contribution in [3.05, 3.63) is 144 Å². The molecule has 6 aromatic rings. The molecule has 42 heavy (non-hydrogen) atoms. The molecule has 0 unspecified atom stereocenters. The minimum Gasteiger partial charge on any atom is -0.355 e. The van der Waals surface area contributed by atoms with Gasteiger partial charge in [-0.15, -0.1) is 0 Å². The topological polar surface area (TPSA) is 57.4 Å². The Balaban J connectivity index is 1.53. The van der Waals surface area contributed by atoms with E-state index in [0.29, 0.717) is 0 Å². The molecule has 0 saturated heterocycles. The number of hydrogen-bond donors (Lipinski definition) is 2. The van der Waals surface area contributed by atoms with E-state index in [2.05, 4.69) is 131 Å². The standard InChI is InChI=1S/C38H30N4/c1-4-10-25(11-5-1)36-30-18-16-28(39-30)24-29-17-19-31(40-29)37(26-12-6-2-7-13-26)33-21-23-35(42-33)38(27-14-8-3-9-15-27)34-22-20-32(36)41-34/h1-16,18,21,23-24,39,42H,17,19-20,22H2. The van der Waals surface area contributed by atoms with Crippen molar-refractivity contribution in [2.75, 3.05) is 0 Å². The van der Waals surface area contributed by atoms with E-state index in [1.807, 2.05) is 0 Å². The largest absolute Gasteiger partial charge is 0.355 e. The number of nitrogens with one attached hydrogen (secondary N) is 2. The minimum absolute atomic E-state index is 0.879. The van der Waals surface area contributed by atoms with Crippen LogP contribution < -0.4 is 0 Å². The van der Waals surface area contributed by atoms with Gasteiger partial charge in [-0.1, -0.05) is 91.0 Å². The quantitative estimate of drug-likeness (QED) is 0.235. The van der Waals surface area contributed by atoms with E-state index in [-0.39, 0.29) is 0 Å². The van der Waals surface area contributed by atoms with Gasteiger partial charge in [0.05, 0.1) is 17.1 Å². The lowest BCUT2D eigenvalue weighted by Crippen LogP contribution is -1.89. The van der Waals surface area contributed by atoms with Crippen LogP contribution >= 0.6 is 0 Å². The molecular weight excluding hydrogens is 512 g/mol. The summed E-state index contributed by atoms with van der Waals surface area (Å²) in [4.78, 5) is 18.1. The van der Waals surface area contributed by atoms with E-state index in [9.17, 15) is 0 Å². The molecule has 0 aliphatic carbocycles. The van der Waals surface area contributed by atoms with Gasteiger partial charge in [0.25, 0.3) is 0 Å². The van der Waals surface area contributed by atoms with Crippen molar-refractivity contribution < 1.29 is 0 Å². The number of aryl methyl sites for hydroxylation is 4.